The second-order valence-electron chi connectivity index (χ2n) is 5.54. The van der Waals surface area contributed by atoms with Gasteiger partial charge in [-0.15, -0.1) is 0 Å². The van der Waals surface area contributed by atoms with Gasteiger partial charge < -0.3 is 10.6 Å². The van der Waals surface area contributed by atoms with Gasteiger partial charge in [0.15, 0.2) is 5.69 Å². The van der Waals surface area contributed by atoms with Crippen molar-refractivity contribution in [1.82, 2.24) is 15.1 Å². The molecule has 1 saturated heterocycles. The number of hydrogen-bond acceptors (Lipinski definition) is 3. The molecular formula is C14H24N4O. The zero-order chi connectivity index (χ0) is 13.8. The molecule has 1 atom stereocenters. The fourth-order valence-electron chi connectivity index (χ4n) is 2.61. The molecule has 19 heavy (non-hydrogen) atoms. The van der Waals surface area contributed by atoms with Crippen LogP contribution in [0.25, 0.3) is 0 Å². The summed E-state index contributed by atoms with van der Waals surface area (Å²) >= 11 is 0. The molecule has 0 spiro atoms. The van der Waals surface area contributed by atoms with Crippen molar-refractivity contribution >= 4 is 11.6 Å². The van der Waals surface area contributed by atoms with Crippen LogP contribution in [0.2, 0.25) is 0 Å². The molecule has 3 N–H and O–H groups in total. The molecule has 2 rings (SSSR count). The Morgan fingerprint density at radius 2 is 2.26 bits per heavy atom. The highest BCUT2D eigenvalue weighted by molar-refractivity contribution is 5.97. The van der Waals surface area contributed by atoms with Gasteiger partial charge in [0.2, 0.25) is 0 Å². The predicted octanol–water partition coefficient (Wildman–Crippen LogP) is 2.21. The molecule has 1 aliphatic heterocycles. The van der Waals surface area contributed by atoms with Crippen molar-refractivity contribution in [2.75, 3.05) is 18.8 Å². The fourth-order valence-corrected chi connectivity index (χ4v) is 2.61. The SMILES string of the molecule is CCCc1[nH]nc(C(=O)N2CCCC(C)CC2)c1N. The number of aromatic nitrogens is 2. The Hall–Kier alpha value is -1.52. The van der Waals surface area contributed by atoms with Crippen LogP contribution in [-0.4, -0.2) is 34.1 Å². The number of nitrogen functional groups attached to an aromatic ring is 1. The van der Waals surface area contributed by atoms with Crippen molar-refractivity contribution in [3.05, 3.63) is 11.4 Å². The van der Waals surface area contributed by atoms with Crippen LogP contribution in [-0.2, 0) is 6.42 Å². The summed E-state index contributed by atoms with van der Waals surface area (Å²) < 4.78 is 0. The van der Waals surface area contributed by atoms with Crippen LogP contribution in [0.4, 0.5) is 5.69 Å². The Labute approximate surface area is 114 Å². The zero-order valence-electron chi connectivity index (χ0n) is 11.9. The van der Waals surface area contributed by atoms with Crippen LogP contribution in [0, 0.1) is 5.92 Å². The Morgan fingerprint density at radius 3 is 3.00 bits per heavy atom. The number of aromatic amines is 1. The first-order valence-electron chi connectivity index (χ1n) is 7.25. The quantitative estimate of drug-likeness (QED) is 0.879. The molecule has 0 radical (unpaired) electrons. The Morgan fingerprint density at radius 1 is 1.47 bits per heavy atom. The van der Waals surface area contributed by atoms with Gasteiger partial charge in [0.1, 0.15) is 0 Å². The summed E-state index contributed by atoms with van der Waals surface area (Å²) in [5, 5.41) is 7.01. The lowest BCUT2D eigenvalue weighted by Crippen LogP contribution is -2.32. The van der Waals surface area contributed by atoms with E-state index in [1.54, 1.807) is 0 Å². The first-order chi connectivity index (χ1) is 9.13. The van der Waals surface area contributed by atoms with Gasteiger partial charge >= 0.3 is 0 Å². The minimum Gasteiger partial charge on any atom is -0.395 e. The summed E-state index contributed by atoms with van der Waals surface area (Å²) in [6, 6.07) is 0. The Kier molecular flexibility index (Phi) is 4.45. The summed E-state index contributed by atoms with van der Waals surface area (Å²) in [6.07, 6.45) is 5.16. The second-order valence-corrected chi connectivity index (χ2v) is 5.54. The number of likely N-dealkylation sites (tertiary alicyclic amines) is 1. The van der Waals surface area contributed by atoms with Gasteiger partial charge in [-0.2, -0.15) is 5.10 Å². The van der Waals surface area contributed by atoms with Crippen molar-refractivity contribution in [1.29, 1.82) is 0 Å². The third-order valence-electron chi connectivity index (χ3n) is 3.89. The van der Waals surface area contributed by atoms with Gasteiger partial charge in [-0.05, 0) is 31.6 Å². The lowest BCUT2D eigenvalue weighted by atomic mass is 10.0. The van der Waals surface area contributed by atoms with Crippen LogP contribution < -0.4 is 5.73 Å². The second kappa shape index (κ2) is 6.08. The average Bonchev–Trinajstić information content (AvgIpc) is 2.61. The number of carbonyl (C=O) groups is 1. The largest absolute Gasteiger partial charge is 0.395 e. The Bertz CT molecular complexity index is 441. The number of amides is 1. The molecule has 1 fully saturated rings. The number of rotatable bonds is 3. The van der Waals surface area contributed by atoms with Gasteiger partial charge in [-0.3, -0.25) is 9.89 Å². The average molecular weight is 264 g/mol. The normalized spacial score (nSPS) is 20.3. The van der Waals surface area contributed by atoms with E-state index in [4.69, 9.17) is 5.73 Å². The lowest BCUT2D eigenvalue weighted by Gasteiger charge is -2.19. The van der Waals surface area contributed by atoms with E-state index in [1.807, 2.05) is 4.90 Å². The van der Waals surface area contributed by atoms with E-state index in [9.17, 15) is 4.79 Å². The first kappa shape index (κ1) is 13.9. The molecule has 2 heterocycles. The molecule has 1 aromatic heterocycles. The maximum absolute atomic E-state index is 12.5. The molecule has 0 aliphatic carbocycles. The number of anilines is 1. The lowest BCUT2D eigenvalue weighted by molar-refractivity contribution is 0.0755. The zero-order valence-corrected chi connectivity index (χ0v) is 11.9. The van der Waals surface area contributed by atoms with E-state index in [0.717, 1.165) is 44.5 Å². The highest BCUT2D eigenvalue weighted by Crippen LogP contribution is 2.21. The van der Waals surface area contributed by atoms with Gasteiger partial charge in [0.25, 0.3) is 5.91 Å². The number of nitrogens with one attached hydrogen (secondary N) is 1. The fraction of sp³-hybridized carbons (Fsp3) is 0.714. The minimum absolute atomic E-state index is 0.0230. The summed E-state index contributed by atoms with van der Waals surface area (Å²) in [5.41, 5.74) is 7.84. The topological polar surface area (TPSA) is 75.0 Å². The highest BCUT2D eigenvalue weighted by Gasteiger charge is 2.24. The molecule has 1 aromatic rings. The van der Waals surface area contributed by atoms with Crippen molar-refractivity contribution in [2.24, 2.45) is 5.92 Å². The third-order valence-corrected chi connectivity index (χ3v) is 3.89. The summed E-state index contributed by atoms with van der Waals surface area (Å²) in [5.74, 6) is 0.676. The van der Waals surface area contributed by atoms with E-state index >= 15 is 0 Å². The van der Waals surface area contributed by atoms with Crippen LogP contribution in [0.1, 0.15) is 55.7 Å². The summed E-state index contributed by atoms with van der Waals surface area (Å²) in [4.78, 5) is 14.4. The monoisotopic (exact) mass is 264 g/mol. The van der Waals surface area contributed by atoms with Crippen LogP contribution in [0.5, 0.6) is 0 Å². The van der Waals surface area contributed by atoms with Gasteiger partial charge in [0.05, 0.1) is 11.4 Å². The molecule has 5 nitrogen and oxygen atoms in total. The summed E-state index contributed by atoms with van der Waals surface area (Å²) in [7, 11) is 0. The van der Waals surface area contributed by atoms with Gasteiger partial charge in [-0.1, -0.05) is 20.3 Å². The maximum Gasteiger partial charge on any atom is 0.276 e. The minimum atomic E-state index is -0.0230. The molecule has 1 amide bonds. The van der Waals surface area contributed by atoms with E-state index < -0.39 is 0 Å². The van der Waals surface area contributed by atoms with Gasteiger partial charge in [0, 0.05) is 13.1 Å². The van der Waals surface area contributed by atoms with Crippen LogP contribution in [0.3, 0.4) is 0 Å². The first-order valence-corrected chi connectivity index (χ1v) is 7.25. The third kappa shape index (κ3) is 3.08. The van der Waals surface area contributed by atoms with Crippen molar-refractivity contribution in [3.8, 4) is 0 Å². The van der Waals surface area contributed by atoms with Crippen LogP contribution >= 0.6 is 0 Å². The smallest absolute Gasteiger partial charge is 0.276 e. The van der Waals surface area contributed by atoms with E-state index in [-0.39, 0.29) is 5.91 Å². The molecule has 106 valence electrons. The molecule has 5 heteroatoms. The molecule has 1 unspecified atom stereocenters. The standard InChI is InChI=1S/C14H24N4O/c1-3-5-11-12(15)13(17-16-11)14(19)18-8-4-6-10(2)7-9-18/h10H,3-9,15H2,1-2H3,(H,16,17). The number of H-pyrrole nitrogens is 1. The number of hydrogen-bond donors (Lipinski definition) is 2. The van der Waals surface area contributed by atoms with E-state index in [2.05, 4.69) is 24.0 Å². The van der Waals surface area contributed by atoms with Crippen molar-refractivity contribution in [2.45, 2.75) is 46.0 Å². The number of nitrogens with two attached hydrogens (primary N) is 1. The summed E-state index contributed by atoms with van der Waals surface area (Å²) in [6.45, 7) is 5.96. The van der Waals surface area contributed by atoms with E-state index in [0.29, 0.717) is 17.3 Å². The molecular weight excluding hydrogens is 240 g/mol. The number of carbonyl (C=O) groups excluding carboxylic acids is 1. The van der Waals surface area contributed by atoms with Crippen molar-refractivity contribution < 1.29 is 4.79 Å². The maximum atomic E-state index is 12.5. The highest BCUT2D eigenvalue weighted by atomic mass is 16.2. The molecule has 1 aliphatic rings. The van der Waals surface area contributed by atoms with Crippen LogP contribution in [0.15, 0.2) is 0 Å². The number of nitrogens with zero attached hydrogens (tertiary/aromatic N) is 2. The predicted molar refractivity (Wildman–Crippen MR) is 75.9 cm³/mol. The van der Waals surface area contributed by atoms with Gasteiger partial charge in [-0.25, -0.2) is 0 Å². The molecule has 0 aromatic carbocycles. The molecule has 0 saturated carbocycles. The molecule has 0 bridgehead atoms. The number of aryl methyl sites for hydroxylation is 1. The van der Waals surface area contributed by atoms with Crippen molar-refractivity contribution in [3.63, 3.8) is 0 Å². The Balaban J connectivity index is 2.10. The van der Waals surface area contributed by atoms with E-state index in [1.165, 1.54) is 6.42 Å².